The normalized spacial score (nSPS) is 22.4. The van der Waals surface area contributed by atoms with Gasteiger partial charge in [-0.25, -0.2) is 0 Å². The van der Waals surface area contributed by atoms with Crippen LogP contribution in [0.15, 0.2) is 18.2 Å². The molecule has 2 aliphatic heterocycles. The molecule has 0 saturated carbocycles. The molecule has 3 rings (SSSR count). The van der Waals surface area contributed by atoms with Gasteiger partial charge < -0.3 is 19.3 Å². The third-order valence-electron chi connectivity index (χ3n) is 5.64. The van der Waals surface area contributed by atoms with Gasteiger partial charge in [0.15, 0.2) is 11.5 Å². The van der Waals surface area contributed by atoms with Crippen LogP contribution in [0.2, 0.25) is 0 Å². The van der Waals surface area contributed by atoms with Crippen LogP contribution in [0.1, 0.15) is 24.8 Å². The fourth-order valence-electron chi connectivity index (χ4n) is 4.27. The van der Waals surface area contributed by atoms with Crippen LogP contribution in [0.4, 0.5) is 0 Å². The average Bonchev–Trinajstić information content (AvgIpc) is 3.10. The third kappa shape index (κ3) is 3.88. The molecular weight excluding hydrogens is 364 g/mol. The smallest absolute Gasteiger partial charge is 0.232 e. The molecule has 0 radical (unpaired) electrons. The van der Waals surface area contributed by atoms with E-state index in [9.17, 15) is 9.59 Å². The molecule has 2 fully saturated rings. The Balaban J connectivity index is 1.76. The first-order chi connectivity index (χ1) is 13.0. The summed E-state index contributed by atoms with van der Waals surface area (Å²) in [6.07, 6.45) is 4.51. The molecule has 2 saturated heterocycles. The highest BCUT2D eigenvalue weighted by Crippen LogP contribution is 2.41. The molecule has 0 aliphatic carbocycles. The Hall–Kier alpha value is -1.89. The van der Waals surface area contributed by atoms with Gasteiger partial charge in [0.1, 0.15) is 0 Å². The molecule has 1 unspecified atom stereocenters. The predicted molar refractivity (Wildman–Crippen MR) is 106 cm³/mol. The largest absolute Gasteiger partial charge is 0.493 e. The Morgan fingerprint density at radius 1 is 1.22 bits per heavy atom. The highest BCUT2D eigenvalue weighted by molar-refractivity contribution is 7.99. The number of para-hydroxylation sites is 1. The maximum atomic E-state index is 13.3. The number of nitrogens with zero attached hydrogens (tertiary/aromatic N) is 2. The Kier molecular flexibility index (Phi) is 6.19. The number of ether oxygens (including phenoxy) is 2. The lowest BCUT2D eigenvalue weighted by molar-refractivity contribution is -0.146. The molecule has 0 N–H and O–H groups in total. The van der Waals surface area contributed by atoms with Gasteiger partial charge in [-0.1, -0.05) is 12.1 Å². The average molecular weight is 393 g/mol. The van der Waals surface area contributed by atoms with Crippen molar-refractivity contribution in [2.45, 2.75) is 25.8 Å². The Morgan fingerprint density at radius 3 is 2.74 bits per heavy atom. The molecule has 27 heavy (non-hydrogen) atoms. The van der Waals surface area contributed by atoms with Gasteiger partial charge >= 0.3 is 0 Å². The summed E-state index contributed by atoms with van der Waals surface area (Å²) in [6, 6.07) is 5.74. The summed E-state index contributed by atoms with van der Waals surface area (Å²) in [5.74, 6) is 2.13. The quantitative estimate of drug-likeness (QED) is 0.744. The van der Waals surface area contributed by atoms with Crippen molar-refractivity contribution in [2.75, 3.05) is 45.9 Å². The SMILES string of the molecule is COc1cccc(CN2CCCC3(CCN(C(=O)CSC)C3)C2=O)c1OC. The molecule has 2 aliphatic rings. The minimum absolute atomic E-state index is 0.138. The highest BCUT2D eigenvalue weighted by atomic mass is 32.2. The van der Waals surface area contributed by atoms with E-state index in [1.54, 1.807) is 14.2 Å². The summed E-state index contributed by atoms with van der Waals surface area (Å²) in [5, 5.41) is 0. The number of benzene rings is 1. The van der Waals surface area contributed by atoms with Crippen LogP contribution in [-0.2, 0) is 16.1 Å². The van der Waals surface area contributed by atoms with Crippen LogP contribution in [0.25, 0.3) is 0 Å². The second-order valence-electron chi connectivity index (χ2n) is 7.26. The second-order valence-corrected chi connectivity index (χ2v) is 8.13. The van der Waals surface area contributed by atoms with E-state index in [1.165, 1.54) is 11.8 Å². The first-order valence-corrected chi connectivity index (χ1v) is 10.7. The predicted octanol–water partition coefficient (Wildman–Crippen LogP) is 2.41. The van der Waals surface area contributed by atoms with Crippen LogP contribution in [0.3, 0.4) is 0 Å². The number of methoxy groups -OCH3 is 2. The Morgan fingerprint density at radius 2 is 2.04 bits per heavy atom. The van der Waals surface area contributed by atoms with E-state index >= 15 is 0 Å². The van der Waals surface area contributed by atoms with Gasteiger partial charge in [0.25, 0.3) is 0 Å². The van der Waals surface area contributed by atoms with Gasteiger partial charge in [0, 0.05) is 31.7 Å². The maximum absolute atomic E-state index is 13.3. The lowest BCUT2D eigenvalue weighted by Gasteiger charge is -2.39. The third-order valence-corrected chi connectivity index (χ3v) is 6.18. The number of rotatable bonds is 6. The van der Waals surface area contributed by atoms with Crippen molar-refractivity contribution >= 4 is 23.6 Å². The minimum atomic E-state index is -0.418. The van der Waals surface area contributed by atoms with Crippen molar-refractivity contribution in [1.82, 2.24) is 9.80 Å². The van der Waals surface area contributed by atoms with Gasteiger partial charge in [0.2, 0.25) is 11.8 Å². The van der Waals surface area contributed by atoms with E-state index in [4.69, 9.17) is 9.47 Å². The molecule has 1 spiro atoms. The summed E-state index contributed by atoms with van der Waals surface area (Å²) in [6.45, 7) is 2.47. The number of likely N-dealkylation sites (tertiary alicyclic amines) is 2. The molecule has 0 bridgehead atoms. The summed E-state index contributed by atoms with van der Waals surface area (Å²) >= 11 is 1.53. The van der Waals surface area contributed by atoms with Crippen molar-refractivity contribution in [2.24, 2.45) is 5.41 Å². The second kappa shape index (κ2) is 8.42. The van der Waals surface area contributed by atoms with Gasteiger partial charge in [-0.2, -0.15) is 11.8 Å². The topological polar surface area (TPSA) is 59.1 Å². The number of carbonyl (C=O) groups excluding carboxylic acids is 2. The Bertz CT molecular complexity index is 711. The molecule has 2 amide bonds. The number of amides is 2. The fraction of sp³-hybridized carbons (Fsp3) is 0.600. The standard InChI is InChI=1S/C20H28N2O4S/c1-25-16-7-4-6-15(18(16)26-2)12-21-10-5-8-20(19(21)24)9-11-22(14-20)17(23)13-27-3/h4,6-7H,5,8-14H2,1-3H3. The number of hydrogen-bond acceptors (Lipinski definition) is 5. The molecule has 1 aromatic rings. The van der Waals surface area contributed by atoms with Gasteiger partial charge in [-0.3, -0.25) is 9.59 Å². The van der Waals surface area contributed by atoms with Crippen molar-refractivity contribution in [3.63, 3.8) is 0 Å². The molecule has 1 atom stereocenters. The van der Waals surface area contributed by atoms with Gasteiger partial charge in [0.05, 0.1) is 25.4 Å². The van der Waals surface area contributed by atoms with Crippen LogP contribution in [0.5, 0.6) is 11.5 Å². The van der Waals surface area contributed by atoms with Gasteiger partial charge in [-0.15, -0.1) is 0 Å². The first-order valence-electron chi connectivity index (χ1n) is 9.30. The van der Waals surface area contributed by atoms with Crippen LogP contribution in [0, 0.1) is 5.41 Å². The van der Waals surface area contributed by atoms with Gasteiger partial charge in [-0.05, 0) is 31.6 Å². The summed E-state index contributed by atoms with van der Waals surface area (Å²) in [7, 11) is 3.23. The van der Waals surface area contributed by atoms with E-state index < -0.39 is 5.41 Å². The molecular formula is C20H28N2O4S. The molecule has 1 aromatic carbocycles. The van der Waals surface area contributed by atoms with E-state index in [-0.39, 0.29) is 11.8 Å². The van der Waals surface area contributed by atoms with Crippen LogP contribution >= 0.6 is 11.8 Å². The molecule has 148 valence electrons. The fourth-order valence-corrected chi connectivity index (χ4v) is 4.70. The maximum Gasteiger partial charge on any atom is 0.232 e. The van der Waals surface area contributed by atoms with E-state index in [0.29, 0.717) is 36.9 Å². The van der Waals surface area contributed by atoms with E-state index in [1.807, 2.05) is 34.3 Å². The Labute approximate surface area is 165 Å². The lowest BCUT2D eigenvalue weighted by Crippen LogP contribution is -2.50. The van der Waals surface area contributed by atoms with Crippen molar-refractivity contribution in [1.29, 1.82) is 0 Å². The zero-order valence-corrected chi connectivity index (χ0v) is 17.1. The van der Waals surface area contributed by atoms with Crippen molar-refractivity contribution in [3.05, 3.63) is 23.8 Å². The first kappa shape index (κ1) is 19.9. The lowest BCUT2D eigenvalue weighted by atomic mass is 9.78. The minimum Gasteiger partial charge on any atom is -0.493 e. The van der Waals surface area contributed by atoms with E-state index in [2.05, 4.69) is 0 Å². The van der Waals surface area contributed by atoms with Crippen molar-refractivity contribution < 1.29 is 19.1 Å². The number of hydrogen-bond donors (Lipinski definition) is 0. The molecule has 6 nitrogen and oxygen atoms in total. The monoisotopic (exact) mass is 392 g/mol. The molecule has 2 heterocycles. The highest BCUT2D eigenvalue weighted by Gasteiger charge is 2.49. The van der Waals surface area contributed by atoms with E-state index in [0.717, 1.165) is 31.4 Å². The zero-order chi connectivity index (χ0) is 19.4. The van der Waals surface area contributed by atoms with Crippen LogP contribution < -0.4 is 9.47 Å². The molecule has 0 aromatic heterocycles. The number of thioether (sulfide) groups is 1. The summed E-state index contributed by atoms with van der Waals surface area (Å²) < 4.78 is 10.9. The van der Waals surface area contributed by atoms with Crippen LogP contribution in [-0.4, -0.2) is 67.5 Å². The summed E-state index contributed by atoms with van der Waals surface area (Å²) in [5.41, 5.74) is 0.522. The van der Waals surface area contributed by atoms with Crippen molar-refractivity contribution in [3.8, 4) is 11.5 Å². The number of carbonyl (C=O) groups is 2. The molecule has 7 heteroatoms. The number of piperidine rings is 1. The summed E-state index contributed by atoms with van der Waals surface area (Å²) in [4.78, 5) is 29.4. The zero-order valence-electron chi connectivity index (χ0n) is 16.3.